The van der Waals surface area contributed by atoms with Gasteiger partial charge in [0.1, 0.15) is 5.60 Å². The molecule has 182 valence electrons. The number of nitrogens with one attached hydrogen (secondary N) is 2. The fraction of sp³-hybridized carbons (Fsp3) is 0.609. The molecule has 32 heavy (non-hydrogen) atoms. The van der Waals surface area contributed by atoms with Crippen molar-refractivity contribution in [2.75, 3.05) is 47.3 Å². The SMILES string of the molecule is CCCN(CCNC(=NC)NCCc1cccc(C(=O)N(C)C)c1)C(=O)OC(C)(C)C.I. The third-order valence-corrected chi connectivity index (χ3v) is 4.33. The molecule has 0 atom stereocenters. The maximum Gasteiger partial charge on any atom is 0.410 e. The van der Waals surface area contributed by atoms with Crippen molar-refractivity contribution in [3.8, 4) is 0 Å². The summed E-state index contributed by atoms with van der Waals surface area (Å²) >= 11 is 0. The first-order valence-corrected chi connectivity index (χ1v) is 10.8. The number of hydrogen-bond acceptors (Lipinski definition) is 4. The molecule has 0 radical (unpaired) electrons. The maximum absolute atomic E-state index is 12.3. The number of carbonyl (C=O) groups excluding carboxylic acids is 2. The Morgan fingerprint density at radius 2 is 1.75 bits per heavy atom. The van der Waals surface area contributed by atoms with Crippen molar-refractivity contribution >= 4 is 41.9 Å². The number of benzene rings is 1. The quantitative estimate of drug-likeness (QED) is 0.275. The molecule has 2 amide bonds. The first-order chi connectivity index (χ1) is 14.6. The predicted molar refractivity (Wildman–Crippen MR) is 141 cm³/mol. The van der Waals surface area contributed by atoms with Gasteiger partial charge in [0.15, 0.2) is 5.96 Å². The molecule has 2 N–H and O–H groups in total. The number of ether oxygens (including phenoxy) is 1. The van der Waals surface area contributed by atoms with Crippen molar-refractivity contribution in [3.05, 3.63) is 35.4 Å². The second-order valence-corrected chi connectivity index (χ2v) is 8.54. The molecule has 0 saturated heterocycles. The third-order valence-electron chi connectivity index (χ3n) is 4.33. The average molecular weight is 562 g/mol. The van der Waals surface area contributed by atoms with Gasteiger partial charge >= 0.3 is 6.09 Å². The first kappa shape index (κ1) is 30.0. The maximum atomic E-state index is 12.3. The summed E-state index contributed by atoms with van der Waals surface area (Å²) in [5.41, 5.74) is 1.25. The van der Waals surface area contributed by atoms with Crippen LogP contribution in [-0.4, -0.2) is 80.7 Å². The van der Waals surface area contributed by atoms with Crippen LogP contribution < -0.4 is 10.6 Å². The fourth-order valence-electron chi connectivity index (χ4n) is 2.86. The molecule has 0 aliphatic heterocycles. The van der Waals surface area contributed by atoms with Gasteiger partial charge in [-0.05, 0) is 51.3 Å². The lowest BCUT2D eigenvalue weighted by Crippen LogP contribution is -2.45. The van der Waals surface area contributed by atoms with Crippen LogP contribution >= 0.6 is 24.0 Å². The summed E-state index contributed by atoms with van der Waals surface area (Å²) in [5.74, 6) is 0.662. The second kappa shape index (κ2) is 14.9. The van der Waals surface area contributed by atoms with E-state index in [2.05, 4.69) is 15.6 Å². The number of halogens is 1. The van der Waals surface area contributed by atoms with Gasteiger partial charge in [-0.2, -0.15) is 0 Å². The summed E-state index contributed by atoms with van der Waals surface area (Å²) < 4.78 is 5.48. The summed E-state index contributed by atoms with van der Waals surface area (Å²) in [7, 11) is 5.21. The summed E-state index contributed by atoms with van der Waals surface area (Å²) in [6.07, 6.45) is 1.32. The van der Waals surface area contributed by atoms with E-state index in [4.69, 9.17) is 4.74 Å². The lowest BCUT2D eigenvalue weighted by Gasteiger charge is -2.27. The van der Waals surface area contributed by atoms with Crippen LogP contribution in [-0.2, 0) is 11.2 Å². The molecule has 0 aromatic heterocycles. The van der Waals surface area contributed by atoms with Crippen LogP contribution in [0.5, 0.6) is 0 Å². The van der Waals surface area contributed by atoms with Gasteiger partial charge in [-0.25, -0.2) is 4.79 Å². The van der Waals surface area contributed by atoms with Crippen LogP contribution in [0.4, 0.5) is 4.79 Å². The fourth-order valence-corrected chi connectivity index (χ4v) is 2.86. The zero-order valence-electron chi connectivity index (χ0n) is 20.5. The van der Waals surface area contributed by atoms with Crippen LogP contribution in [0.3, 0.4) is 0 Å². The zero-order chi connectivity index (χ0) is 23.4. The smallest absolute Gasteiger partial charge is 0.410 e. The van der Waals surface area contributed by atoms with Crippen molar-refractivity contribution in [2.45, 2.75) is 46.1 Å². The van der Waals surface area contributed by atoms with E-state index in [0.717, 1.165) is 18.4 Å². The Bertz CT molecular complexity index is 747. The molecule has 0 aliphatic rings. The molecule has 1 aromatic carbocycles. The van der Waals surface area contributed by atoms with Gasteiger partial charge in [0.05, 0.1) is 0 Å². The first-order valence-electron chi connectivity index (χ1n) is 10.8. The zero-order valence-corrected chi connectivity index (χ0v) is 22.9. The number of rotatable bonds is 9. The molecule has 0 aliphatic carbocycles. The van der Waals surface area contributed by atoms with E-state index in [9.17, 15) is 9.59 Å². The summed E-state index contributed by atoms with van der Waals surface area (Å²) in [5, 5.41) is 6.51. The highest BCUT2D eigenvalue weighted by molar-refractivity contribution is 14.0. The molecule has 1 rings (SSSR count). The summed E-state index contributed by atoms with van der Waals surface area (Å²) in [4.78, 5) is 32.0. The Morgan fingerprint density at radius 1 is 1.09 bits per heavy atom. The number of hydrogen-bond donors (Lipinski definition) is 2. The lowest BCUT2D eigenvalue weighted by atomic mass is 10.1. The predicted octanol–water partition coefficient (Wildman–Crippen LogP) is 3.36. The number of guanidine groups is 1. The Hall–Kier alpha value is -2.04. The van der Waals surface area contributed by atoms with E-state index in [1.54, 1.807) is 30.9 Å². The van der Waals surface area contributed by atoms with Crippen molar-refractivity contribution in [2.24, 2.45) is 4.99 Å². The standard InChI is InChI=1S/C23H39N5O3.HI/c1-8-15-28(22(30)31-23(2,3)4)16-14-26-21(24-5)25-13-12-18-10-9-11-19(17-18)20(29)27(6)7;/h9-11,17H,8,12-16H2,1-7H3,(H2,24,25,26);1H. The molecule has 1 aromatic rings. The Balaban J connectivity index is 0.00000961. The van der Waals surface area contributed by atoms with Gasteiger partial charge in [-0.3, -0.25) is 9.79 Å². The van der Waals surface area contributed by atoms with Gasteiger partial charge in [-0.1, -0.05) is 19.1 Å². The molecular weight excluding hydrogens is 521 g/mol. The minimum Gasteiger partial charge on any atom is -0.444 e. The second-order valence-electron chi connectivity index (χ2n) is 8.54. The monoisotopic (exact) mass is 561 g/mol. The van der Waals surface area contributed by atoms with E-state index in [1.807, 2.05) is 52.0 Å². The Kier molecular flexibility index (Phi) is 14.0. The van der Waals surface area contributed by atoms with Crippen LogP contribution in [0, 0.1) is 0 Å². The number of aliphatic imine (C=N–C) groups is 1. The van der Waals surface area contributed by atoms with Crippen molar-refractivity contribution in [1.82, 2.24) is 20.4 Å². The molecular formula is C23H40IN5O3. The minimum absolute atomic E-state index is 0. The van der Waals surface area contributed by atoms with Crippen LogP contribution in [0.2, 0.25) is 0 Å². The number of nitrogens with zero attached hydrogens (tertiary/aromatic N) is 3. The molecule has 0 saturated carbocycles. The minimum atomic E-state index is -0.511. The normalized spacial score (nSPS) is 11.3. The molecule has 0 fully saturated rings. The van der Waals surface area contributed by atoms with Crippen molar-refractivity contribution in [3.63, 3.8) is 0 Å². The van der Waals surface area contributed by atoms with Crippen LogP contribution in [0.25, 0.3) is 0 Å². The molecule has 8 nitrogen and oxygen atoms in total. The van der Waals surface area contributed by atoms with Crippen molar-refractivity contribution < 1.29 is 14.3 Å². The lowest BCUT2D eigenvalue weighted by molar-refractivity contribution is 0.0253. The van der Waals surface area contributed by atoms with E-state index in [0.29, 0.717) is 37.7 Å². The highest BCUT2D eigenvalue weighted by Gasteiger charge is 2.21. The van der Waals surface area contributed by atoms with Gasteiger partial charge in [0.2, 0.25) is 0 Å². The molecule has 0 unspecified atom stereocenters. The Labute approximate surface area is 210 Å². The average Bonchev–Trinajstić information content (AvgIpc) is 2.70. The van der Waals surface area contributed by atoms with E-state index in [-0.39, 0.29) is 36.0 Å². The van der Waals surface area contributed by atoms with Gasteiger partial charge < -0.3 is 25.2 Å². The number of amides is 2. The van der Waals surface area contributed by atoms with E-state index in [1.165, 1.54) is 0 Å². The number of carbonyl (C=O) groups is 2. The highest BCUT2D eigenvalue weighted by atomic mass is 127. The van der Waals surface area contributed by atoms with Gasteiger partial charge in [0.25, 0.3) is 5.91 Å². The molecule has 0 bridgehead atoms. The van der Waals surface area contributed by atoms with Gasteiger partial charge in [-0.15, -0.1) is 24.0 Å². The molecule has 9 heteroatoms. The Morgan fingerprint density at radius 3 is 2.31 bits per heavy atom. The topological polar surface area (TPSA) is 86.3 Å². The van der Waals surface area contributed by atoms with Crippen molar-refractivity contribution in [1.29, 1.82) is 0 Å². The molecule has 0 heterocycles. The third kappa shape index (κ3) is 11.5. The van der Waals surface area contributed by atoms with E-state index < -0.39 is 5.60 Å². The van der Waals surface area contributed by atoms with Crippen LogP contribution in [0.1, 0.15) is 50.0 Å². The van der Waals surface area contributed by atoms with Gasteiger partial charge in [0, 0.05) is 52.9 Å². The summed E-state index contributed by atoms with van der Waals surface area (Å²) in [6.45, 7) is 10.0. The van der Waals surface area contributed by atoms with Crippen LogP contribution in [0.15, 0.2) is 29.3 Å². The molecule has 0 spiro atoms. The largest absolute Gasteiger partial charge is 0.444 e. The summed E-state index contributed by atoms with van der Waals surface area (Å²) in [6, 6.07) is 7.65. The highest BCUT2D eigenvalue weighted by Crippen LogP contribution is 2.10. The van der Waals surface area contributed by atoms with E-state index >= 15 is 0 Å².